The Morgan fingerprint density at radius 3 is 2.84 bits per heavy atom. The first-order valence-corrected chi connectivity index (χ1v) is 8.97. The smallest absolute Gasteiger partial charge is 0.271 e. The van der Waals surface area contributed by atoms with Crippen molar-refractivity contribution >= 4 is 37.7 Å². The first kappa shape index (κ1) is 16.2. The minimum Gasteiger partial charge on any atom is -0.378 e. The summed E-state index contributed by atoms with van der Waals surface area (Å²) in [6.07, 6.45) is 1.46. The number of aryl methyl sites for hydroxylation is 2. The van der Waals surface area contributed by atoms with Crippen molar-refractivity contribution in [2.24, 2.45) is 0 Å². The van der Waals surface area contributed by atoms with E-state index >= 15 is 0 Å². The summed E-state index contributed by atoms with van der Waals surface area (Å²) in [5, 5.41) is 0.895. The summed E-state index contributed by atoms with van der Waals surface area (Å²) < 4.78 is 7.18. The van der Waals surface area contributed by atoms with Gasteiger partial charge in [0.15, 0.2) is 0 Å². The van der Waals surface area contributed by atoms with Gasteiger partial charge in [0.25, 0.3) is 5.56 Å². The van der Waals surface area contributed by atoms with Crippen molar-refractivity contribution in [3.63, 3.8) is 0 Å². The fourth-order valence-corrected chi connectivity index (χ4v) is 4.06. The third kappa shape index (κ3) is 2.81. The van der Waals surface area contributed by atoms with Crippen LogP contribution < -0.4 is 5.56 Å². The normalized spacial score (nSPS) is 15.2. The molecule has 3 aromatic heterocycles. The zero-order valence-corrected chi connectivity index (χ0v) is 14.9. The number of aromatic nitrogens is 3. The Kier molecular flexibility index (Phi) is 4.01. The second-order valence-electron chi connectivity index (χ2n) is 6.19. The van der Waals surface area contributed by atoms with E-state index in [1.807, 2.05) is 19.9 Å². The topological polar surface area (TPSA) is 77.3 Å². The third-order valence-electron chi connectivity index (χ3n) is 4.55. The van der Waals surface area contributed by atoms with E-state index in [2.05, 4.69) is 9.97 Å². The van der Waals surface area contributed by atoms with Crippen molar-refractivity contribution in [3.8, 4) is 0 Å². The number of thiophene rings is 1. The average Bonchev–Trinajstić information content (AvgIpc) is 2.97. The molecular formula is C17H18N4O3S. The molecule has 4 rings (SSSR count). The zero-order valence-electron chi connectivity index (χ0n) is 14.1. The summed E-state index contributed by atoms with van der Waals surface area (Å²) in [6.45, 7) is 6.15. The standard InChI is InChI=1S/C17H18N4O3S/c1-10-7-12-14-15(25-16(12)19-11(10)2)17(23)21(9-18-14)8-13(22)20-3-5-24-6-4-20/h7,9H,3-6,8H2,1-2H3. The van der Waals surface area contributed by atoms with E-state index in [-0.39, 0.29) is 18.0 Å². The molecule has 0 aromatic carbocycles. The Morgan fingerprint density at radius 1 is 1.32 bits per heavy atom. The van der Waals surface area contributed by atoms with Gasteiger partial charge < -0.3 is 9.64 Å². The maximum atomic E-state index is 12.8. The summed E-state index contributed by atoms with van der Waals surface area (Å²) in [5.41, 5.74) is 2.49. The molecule has 1 fully saturated rings. The average molecular weight is 358 g/mol. The molecule has 25 heavy (non-hydrogen) atoms. The summed E-state index contributed by atoms with van der Waals surface area (Å²) in [4.78, 5) is 36.7. The van der Waals surface area contributed by atoms with E-state index in [0.717, 1.165) is 21.5 Å². The van der Waals surface area contributed by atoms with Crippen LogP contribution in [0.25, 0.3) is 20.4 Å². The number of nitrogens with zero attached hydrogens (tertiary/aromatic N) is 4. The molecule has 0 bridgehead atoms. The van der Waals surface area contributed by atoms with Crippen LogP contribution in [0.2, 0.25) is 0 Å². The number of rotatable bonds is 2. The van der Waals surface area contributed by atoms with E-state index in [1.165, 1.54) is 22.2 Å². The Balaban J connectivity index is 1.73. The molecule has 0 aliphatic carbocycles. The second-order valence-corrected chi connectivity index (χ2v) is 7.19. The number of hydrogen-bond donors (Lipinski definition) is 0. The maximum absolute atomic E-state index is 12.8. The van der Waals surface area contributed by atoms with E-state index in [1.54, 1.807) is 4.90 Å². The Labute approximate surface area is 147 Å². The van der Waals surface area contributed by atoms with Gasteiger partial charge in [-0.3, -0.25) is 14.2 Å². The van der Waals surface area contributed by atoms with Crippen LogP contribution in [0.1, 0.15) is 11.3 Å². The van der Waals surface area contributed by atoms with Crippen LogP contribution in [0.3, 0.4) is 0 Å². The van der Waals surface area contributed by atoms with Crippen molar-refractivity contribution in [1.29, 1.82) is 0 Å². The Morgan fingerprint density at radius 2 is 2.08 bits per heavy atom. The first-order valence-electron chi connectivity index (χ1n) is 8.16. The number of carbonyl (C=O) groups is 1. The zero-order chi connectivity index (χ0) is 17.6. The van der Waals surface area contributed by atoms with Gasteiger partial charge in [0, 0.05) is 24.2 Å². The highest BCUT2D eigenvalue weighted by Gasteiger charge is 2.19. The fraction of sp³-hybridized carbons (Fsp3) is 0.412. The molecule has 7 nitrogen and oxygen atoms in total. The molecule has 1 aliphatic rings. The molecule has 1 amide bonds. The van der Waals surface area contributed by atoms with Crippen LogP contribution in [0.4, 0.5) is 0 Å². The minimum atomic E-state index is -0.190. The summed E-state index contributed by atoms with van der Waals surface area (Å²) in [5.74, 6) is -0.0857. The van der Waals surface area contributed by atoms with Gasteiger partial charge in [-0.25, -0.2) is 9.97 Å². The van der Waals surface area contributed by atoms with Gasteiger partial charge in [-0.15, -0.1) is 11.3 Å². The fourth-order valence-electron chi connectivity index (χ4n) is 2.95. The van der Waals surface area contributed by atoms with Crippen LogP contribution >= 0.6 is 11.3 Å². The molecule has 0 saturated carbocycles. The molecule has 1 saturated heterocycles. The highest BCUT2D eigenvalue weighted by atomic mass is 32.1. The SMILES string of the molecule is Cc1cc2c(nc1C)sc1c(=O)n(CC(=O)N3CCOCC3)cnc12. The highest BCUT2D eigenvalue weighted by molar-refractivity contribution is 7.25. The predicted octanol–water partition coefficient (Wildman–Crippen LogP) is 1.48. The molecule has 0 radical (unpaired) electrons. The quantitative estimate of drug-likeness (QED) is 0.693. The van der Waals surface area contributed by atoms with Crippen LogP contribution in [0.5, 0.6) is 0 Å². The predicted molar refractivity (Wildman–Crippen MR) is 96.1 cm³/mol. The summed E-state index contributed by atoms with van der Waals surface area (Å²) >= 11 is 1.34. The maximum Gasteiger partial charge on any atom is 0.271 e. The molecular weight excluding hydrogens is 340 g/mol. The third-order valence-corrected chi connectivity index (χ3v) is 5.63. The van der Waals surface area contributed by atoms with Gasteiger partial charge in [-0.1, -0.05) is 0 Å². The number of ether oxygens (including phenoxy) is 1. The lowest BCUT2D eigenvalue weighted by Crippen LogP contribution is -2.43. The van der Waals surface area contributed by atoms with Crippen molar-refractivity contribution < 1.29 is 9.53 Å². The number of fused-ring (bicyclic) bond motifs is 3. The molecule has 130 valence electrons. The summed E-state index contributed by atoms with van der Waals surface area (Å²) in [6, 6.07) is 2.02. The van der Waals surface area contributed by atoms with Crippen molar-refractivity contribution in [1.82, 2.24) is 19.4 Å². The largest absolute Gasteiger partial charge is 0.378 e. The number of hydrogen-bond acceptors (Lipinski definition) is 6. The van der Waals surface area contributed by atoms with Crippen LogP contribution in [-0.2, 0) is 16.1 Å². The van der Waals surface area contributed by atoms with Gasteiger partial charge in [0.1, 0.15) is 16.1 Å². The molecule has 0 atom stereocenters. The second kappa shape index (κ2) is 6.20. The molecule has 0 unspecified atom stereocenters. The highest BCUT2D eigenvalue weighted by Crippen LogP contribution is 2.30. The lowest BCUT2D eigenvalue weighted by Gasteiger charge is -2.26. The number of amides is 1. The Hall–Kier alpha value is -2.32. The van der Waals surface area contributed by atoms with Crippen molar-refractivity contribution in [3.05, 3.63) is 34.0 Å². The molecule has 1 aliphatic heterocycles. The van der Waals surface area contributed by atoms with Crippen LogP contribution in [0.15, 0.2) is 17.2 Å². The van der Waals surface area contributed by atoms with Gasteiger partial charge in [0.05, 0.1) is 25.1 Å². The van der Waals surface area contributed by atoms with Gasteiger partial charge in [-0.05, 0) is 25.5 Å². The number of morpholine rings is 1. The van der Waals surface area contributed by atoms with Crippen molar-refractivity contribution in [2.75, 3.05) is 26.3 Å². The Bertz CT molecular complexity index is 1030. The van der Waals surface area contributed by atoms with E-state index < -0.39 is 0 Å². The van der Waals surface area contributed by atoms with E-state index in [9.17, 15) is 9.59 Å². The van der Waals surface area contributed by atoms with Crippen molar-refractivity contribution in [2.45, 2.75) is 20.4 Å². The summed E-state index contributed by atoms with van der Waals surface area (Å²) in [7, 11) is 0. The minimum absolute atomic E-state index is 0.00149. The number of pyridine rings is 1. The van der Waals surface area contributed by atoms with Gasteiger partial charge in [0.2, 0.25) is 5.91 Å². The molecule has 0 N–H and O–H groups in total. The monoisotopic (exact) mass is 358 g/mol. The molecule has 4 heterocycles. The first-order chi connectivity index (χ1) is 12.0. The molecule has 0 spiro atoms. The number of carbonyl (C=O) groups excluding carboxylic acids is 1. The lowest BCUT2D eigenvalue weighted by molar-refractivity contribution is -0.135. The molecule has 8 heteroatoms. The van der Waals surface area contributed by atoms with E-state index in [4.69, 9.17) is 4.74 Å². The van der Waals surface area contributed by atoms with E-state index in [0.29, 0.717) is 36.5 Å². The van der Waals surface area contributed by atoms with Crippen LogP contribution in [-0.4, -0.2) is 51.6 Å². The lowest BCUT2D eigenvalue weighted by atomic mass is 10.2. The van der Waals surface area contributed by atoms with Crippen LogP contribution in [0, 0.1) is 13.8 Å². The molecule has 3 aromatic rings. The van der Waals surface area contributed by atoms with Gasteiger partial charge in [-0.2, -0.15) is 0 Å². The van der Waals surface area contributed by atoms with Gasteiger partial charge >= 0.3 is 0 Å².